The van der Waals surface area contributed by atoms with E-state index in [4.69, 9.17) is 10.5 Å². The number of ketones is 1. The number of nitrogens with two attached hydrogens (primary N) is 1. The smallest absolute Gasteiger partial charge is 0.246 e. The molecular weight excluding hydrogens is 1170 g/mol. The summed E-state index contributed by atoms with van der Waals surface area (Å²) in [5.41, 5.74) is 3.88. The topological polar surface area (TPSA) is 440 Å². The molecule has 16 N–H and O–H groups in total. The second-order valence-electron chi connectivity index (χ2n) is 23.7. The Morgan fingerprint density at radius 1 is 0.807 bits per heavy atom. The number of Topliss-reactive ketones (excluding diaryl/α,β-unsaturated/α-hetero) is 1. The van der Waals surface area contributed by atoms with Crippen LogP contribution in [0.1, 0.15) is 85.8 Å². The highest BCUT2D eigenvalue weighted by Crippen LogP contribution is 2.38. The van der Waals surface area contributed by atoms with Crippen molar-refractivity contribution < 1.29 is 77.0 Å². The minimum atomic E-state index is -2.65. The van der Waals surface area contributed by atoms with Crippen LogP contribution in [-0.2, 0) is 76.4 Å². The van der Waals surface area contributed by atoms with Gasteiger partial charge in [0, 0.05) is 48.5 Å². The number of hydrogen-bond acceptors (Lipinski definition) is 18. The van der Waals surface area contributed by atoms with Crippen LogP contribution >= 0.6 is 0 Å². The van der Waals surface area contributed by atoms with E-state index in [1.54, 1.807) is 13.8 Å². The standard InChI is InChI=1S/C58H81N13O16S/c1-9-28(6)47-54(83)61-21-44(76)65-40-25-88(86)57-36-18-39(51(80)60-22-45(77)69-47)67-56(85)48(29(7)42(74)24-72)70-53(82)41-16-33(73)23-71(41)58(49(78)38(19-43(59)75)66-52(40)81,87-34-14-15-35(36)37(17-34)68-57)20-31-10-12-32(13-11-31)64-50(79)30(8)63-55(84)46(26(2)3)62-27(4)5/h10-15,17,26-30,33,38-42,46-48,62,68,72-74H,9,16,18-25H2,1-8H3,(H2,59,75)(H,60,80)(H,61,83)(H,63,84)(H,64,79)(H,65,76)(H,66,81)(H,67,85)(H,69,77)(H,70,82)/t28-,29-,30-,33?,38-,39-,40?,41-,42-,46-,47-,48-,58?,88+/m0/s1. The minimum Gasteiger partial charge on any atom is -0.465 e. The van der Waals surface area contributed by atoms with Gasteiger partial charge < -0.3 is 83.9 Å². The van der Waals surface area contributed by atoms with Crippen LogP contribution in [-0.4, -0.2) is 199 Å². The second-order valence-corrected chi connectivity index (χ2v) is 25.1. The van der Waals surface area contributed by atoms with Gasteiger partial charge >= 0.3 is 0 Å². The normalized spacial score (nSPS) is 27.0. The molecule has 0 aliphatic carbocycles. The first kappa shape index (κ1) is 67.6. The molecule has 3 aromatic rings. The summed E-state index contributed by atoms with van der Waals surface area (Å²) in [4.78, 5) is 162. The number of ether oxygens (including phenoxy) is 1. The number of nitrogens with one attached hydrogen (secondary N) is 11. The predicted molar refractivity (Wildman–Crippen MR) is 317 cm³/mol. The van der Waals surface area contributed by atoms with E-state index in [0.29, 0.717) is 6.42 Å². The van der Waals surface area contributed by atoms with Crippen molar-refractivity contribution in [3.8, 4) is 5.75 Å². The van der Waals surface area contributed by atoms with Gasteiger partial charge in [-0.1, -0.05) is 67.0 Å². The van der Waals surface area contributed by atoms with Crippen LogP contribution in [0.25, 0.3) is 10.9 Å². The molecule has 2 aromatic carbocycles. The number of nitrogens with zero attached hydrogens (tertiary/aromatic N) is 1. The van der Waals surface area contributed by atoms with E-state index < -0.39 is 211 Å². The molecule has 5 aliphatic rings. The van der Waals surface area contributed by atoms with Gasteiger partial charge in [-0.25, -0.2) is 4.90 Å². The third-order valence-electron chi connectivity index (χ3n) is 16.3. The Labute approximate surface area is 510 Å². The maximum absolute atomic E-state index is 16.3. The van der Waals surface area contributed by atoms with Gasteiger partial charge in [-0.15, -0.1) is 0 Å². The van der Waals surface area contributed by atoms with Crippen LogP contribution < -0.4 is 63.6 Å². The van der Waals surface area contributed by atoms with Crippen molar-refractivity contribution in [2.24, 2.45) is 23.5 Å². The molecule has 29 nitrogen and oxygen atoms in total. The van der Waals surface area contributed by atoms with Crippen LogP contribution in [0.2, 0.25) is 0 Å². The summed E-state index contributed by atoms with van der Waals surface area (Å²) in [7, 11) is -2.42. The van der Waals surface area contributed by atoms with Gasteiger partial charge in [0.15, 0.2) is 0 Å². The number of primary amides is 1. The lowest BCUT2D eigenvalue weighted by molar-refractivity contribution is -0.164. The Balaban J connectivity index is 1.45. The average molecular weight is 1250 g/mol. The Morgan fingerprint density at radius 2 is 1.48 bits per heavy atom. The first-order chi connectivity index (χ1) is 41.5. The number of fused-ring (bicyclic) bond motifs is 7. The molecule has 1 fully saturated rings. The van der Waals surface area contributed by atoms with Gasteiger partial charge in [-0.2, -0.15) is 0 Å². The number of carbonyl (C=O) groups excluding carboxylic acids is 11. The zero-order valence-corrected chi connectivity index (χ0v) is 51.1. The maximum atomic E-state index is 16.3. The molecule has 10 amide bonds. The molecule has 0 saturated carbocycles. The number of benzene rings is 2. The van der Waals surface area contributed by atoms with Crippen molar-refractivity contribution in [2.75, 3.05) is 37.3 Å². The van der Waals surface area contributed by atoms with Crippen molar-refractivity contribution in [1.82, 2.24) is 57.7 Å². The first-order valence-corrected chi connectivity index (χ1v) is 30.7. The first-order valence-electron chi connectivity index (χ1n) is 29.3. The number of aromatic amines is 1. The molecule has 0 radical (unpaired) electrons. The Morgan fingerprint density at radius 3 is 2.11 bits per heavy atom. The number of anilines is 1. The van der Waals surface area contributed by atoms with Crippen LogP contribution in [0.15, 0.2) is 47.5 Å². The molecule has 1 aromatic heterocycles. The molecule has 14 atom stereocenters. The van der Waals surface area contributed by atoms with Gasteiger partial charge in [0.25, 0.3) is 0 Å². The average Bonchev–Trinajstić information content (AvgIpc) is 1.75. The number of carbonyl (C=O) groups is 11. The van der Waals surface area contributed by atoms with Crippen LogP contribution in [0.3, 0.4) is 0 Å². The van der Waals surface area contributed by atoms with Gasteiger partial charge in [-0.05, 0) is 60.6 Å². The highest BCUT2D eigenvalue weighted by Gasteiger charge is 2.57. The third-order valence-corrected chi connectivity index (χ3v) is 17.7. The van der Waals surface area contributed by atoms with Crippen molar-refractivity contribution in [1.29, 1.82) is 0 Å². The van der Waals surface area contributed by atoms with E-state index in [2.05, 4.69) is 58.2 Å². The SMILES string of the molecule is CC[C@H](C)[C@@H]1NC(=O)CNC(=O)[C@@H]2Cc3c4[nH]c5cc(ccc35)OC(Cc3ccc(NC(=O)[C@H](C)NC(=O)[C@@H](NC(C)C)C(C)C)cc3)(C(=O)[C@H](CC(N)=O)NC(=O)C(C[S@]4=O)NC(=O)CNC1=O)N1CC(O)C[C@H]1C(=O)N[C@@H]([C@@H](C)[C@@H](O)CO)C(=O)N2. The van der Waals surface area contributed by atoms with Crippen LogP contribution in [0, 0.1) is 17.8 Å². The molecule has 30 heteroatoms. The summed E-state index contributed by atoms with van der Waals surface area (Å²) >= 11 is 0. The zero-order chi connectivity index (χ0) is 64.6. The highest BCUT2D eigenvalue weighted by atomic mass is 32.2. The molecule has 480 valence electrons. The van der Waals surface area contributed by atoms with Crippen molar-refractivity contribution in [3.05, 3.63) is 53.6 Å². The van der Waals surface area contributed by atoms with Crippen molar-refractivity contribution in [2.45, 2.75) is 165 Å². The Bertz CT molecular complexity index is 3200. The molecule has 0 spiro atoms. The molecule has 88 heavy (non-hydrogen) atoms. The van der Waals surface area contributed by atoms with E-state index in [1.807, 2.05) is 27.7 Å². The van der Waals surface area contributed by atoms with E-state index in [-0.39, 0.29) is 50.5 Å². The van der Waals surface area contributed by atoms with Gasteiger partial charge in [0.05, 0.1) is 72.5 Å². The molecule has 1 saturated heterocycles. The van der Waals surface area contributed by atoms with Crippen LogP contribution in [0.5, 0.6) is 5.75 Å². The summed E-state index contributed by atoms with van der Waals surface area (Å²) in [5.74, 6) is -13.4. The maximum Gasteiger partial charge on any atom is 0.246 e. The summed E-state index contributed by atoms with van der Waals surface area (Å²) in [6, 6.07) is -1.90. The number of aliphatic hydroxyl groups excluding tert-OH is 3. The highest BCUT2D eigenvalue weighted by molar-refractivity contribution is 7.85. The van der Waals surface area contributed by atoms with Gasteiger partial charge in [-0.3, -0.25) is 56.9 Å². The number of aromatic nitrogens is 1. The lowest BCUT2D eigenvalue weighted by Crippen LogP contribution is -2.69. The Hall–Kier alpha value is -7.90. The minimum absolute atomic E-state index is 0.0333. The summed E-state index contributed by atoms with van der Waals surface area (Å²) in [6.07, 6.45) is -5.43. The number of H-pyrrole nitrogens is 1. The van der Waals surface area contributed by atoms with E-state index >= 15 is 18.6 Å². The quantitative estimate of drug-likeness (QED) is 0.0654. The van der Waals surface area contributed by atoms with Crippen molar-refractivity contribution in [3.63, 3.8) is 0 Å². The largest absolute Gasteiger partial charge is 0.465 e. The fraction of sp³-hybridized carbons (Fsp3) is 0.569. The second kappa shape index (κ2) is 28.9. The number of aliphatic hydroxyl groups is 3. The fourth-order valence-corrected chi connectivity index (χ4v) is 12.6. The fourth-order valence-electron chi connectivity index (χ4n) is 11.2. The molecule has 8 rings (SSSR count). The van der Waals surface area contributed by atoms with E-state index in [9.17, 15) is 53.7 Å². The summed E-state index contributed by atoms with van der Waals surface area (Å²) in [5, 5.41) is 59.6. The molecule has 8 bridgehead atoms. The van der Waals surface area contributed by atoms with Gasteiger partial charge in [0.1, 0.15) is 47.0 Å². The molecule has 3 unspecified atom stereocenters. The number of amides is 10. The van der Waals surface area contributed by atoms with Gasteiger partial charge in [0.2, 0.25) is 70.6 Å². The molecular formula is C58H81N13O16S. The lowest BCUT2D eigenvalue weighted by Gasteiger charge is -2.45. The third kappa shape index (κ3) is 15.9. The monoisotopic (exact) mass is 1250 g/mol. The lowest BCUT2D eigenvalue weighted by atomic mass is 9.89. The predicted octanol–water partition coefficient (Wildman–Crippen LogP) is -3.79. The molecule has 6 heterocycles. The summed E-state index contributed by atoms with van der Waals surface area (Å²) < 4.78 is 22.1. The molecule has 5 aliphatic heterocycles. The van der Waals surface area contributed by atoms with E-state index in [0.717, 1.165) is 0 Å². The number of hydrogen-bond donors (Lipinski definition) is 15. The summed E-state index contributed by atoms with van der Waals surface area (Å²) in [6.45, 7) is 10.7. The zero-order valence-electron chi connectivity index (χ0n) is 50.3. The van der Waals surface area contributed by atoms with Crippen molar-refractivity contribution >= 4 is 92.2 Å². The number of rotatable bonds is 16. The Kier molecular flexibility index (Phi) is 22.2. The van der Waals surface area contributed by atoms with Crippen LogP contribution in [0.4, 0.5) is 5.69 Å². The van der Waals surface area contributed by atoms with E-state index in [1.165, 1.54) is 61.2 Å².